The standard InChI is InChI=1S/C21H21N3O4/c1-13-10-19(23-28-13)22-20(26)14-6-8-24(9-7-14)21(27)17-11-15-4-2-3-5-16(15)12-18(17)25/h2-5,10-12,14,25H,6-9H2,1H3,(H,22,23,26). The Morgan fingerprint density at radius 2 is 1.82 bits per heavy atom. The molecule has 28 heavy (non-hydrogen) atoms. The van der Waals surface area contributed by atoms with Crippen LogP contribution in [-0.4, -0.2) is 40.1 Å². The molecule has 2 amide bonds. The summed E-state index contributed by atoms with van der Waals surface area (Å²) in [6.45, 7) is 2.68. The van der Waals surface area contributed by atoms with Crippen LogP contribution in [-0.2, 0) is 4.79 Å². The summed E-state index contributed by atoms with van der Waals surface area (Å²) in [4.78, 5) is 27.0. The van der Waals surface area contributed by atoms with Crippen molar-refractivity contribution in [2.75, 3.05) is 18.4 Å². The summed E-state index contributed by atoms with van der Waals surface area (Å²) >= 11 is 0. The quantitative estimate of drug-likeness (QED) is 0.728. The molecule has 1 aromatic heterocycles. The molecular formula is C21H21N3O4. The van der Waals surface area contributed by atoms with Crippen LogP contribution >= 0.6 is 0 Å². The van der Waals surface area contributed by atoms with Crippen molar-refractivity contribution in [2.24, 2.45) is 5.92 Å². The number of nitrogens with one attached hydrogen (secondary N) is 1. The third-order valence-corrected chi connectivity index (χ3v) is 5.13. The summed E-state index contributed by atoms with van der Waals surface area (Å²) in [5.41, 5.74) is 0.291. The molecule has 1 aliphatic heterocycles. The summed E-state index contributed by atoms with van der Waals surface area (Å²) in [7, 11) is 0. The molecule has 1 fully saturated rings. The van der Waals surface area contributed by atoms with E-state index in [9.17, 15) is 14.7 Å². The third kappa shape index (κ3) is 3.55. The molecule has 0 atom stereocenters. The maximum atomic E-state index is 12.9. The highest BCUT2D eigenvalue weighted by Gasteiger charge is 2.29. The number of anilines is 1. The Morgan fingerprint density at radius 3 is 2.46 bits per heavy atom. The van der Waals surface area contributed by atoms with Crippen molar-refractivity contribution in [2.45, 2.75) is 19.8 Å². The predicted octanol–water partition coefficient (Wildman–Crippen LogP) is 3.33. The van der Waals surface area contributed by atoms with Gasteiger partial charge in [0.25, 0.3) is 5.91 Å². The number of phenols is 1. The van der Waals surface area contributed by atoms with Gasteiger partial charge in [0, 0.05) is 25.1 Å². The van der Waals surface area contributed by atoms with Gasteiger partial charge < -0.3 is 19.8 Å². The number of likely N-dealkylation sites (tertiary alicyclic amines) is 1. The van der Waals surface area contributed by atoms with Crippen molar-refractivity contribution < 1.29 is 19.2 Å². The van der Waals surface area contributed by atoms with Gasteiger partial charge in [-0.15, -0.1) is 0 Å². The van der Waals surface area contributed by atoms with Gasteiger partial charge in [-0.1, -0.05) is 29.4 Å². The molecule has 7 nitrogen and oxygen atoms in total. The van der Waals surface area contributed by atoms with Gasteiger partial charge in [-0.05, 0) is 42.7 Å². The highest BCUT2D eigenvalue weighted by molar-refractivity contribution is 6.01. The predicted molar refractivity (Wildman–Crippen MR) is 104 cm³/mol. The molecule has 1 saturated heterocycles. The first-order chi connectivity index (χ1) is 13.5. The van der Waals surface area contributed by atoms with E-state index in [4.69, 9.17) is 4.52 Å². The van der Waals surface area contributed by atoms with Gasteiger partial charge in [0.05, 0.1) is 5.56 Å². The van der Waals surface area contributed by atoms with Gasteiger partial charge in [-0.3, -0.25) is 9.59 Å². The van der Waals surface area contributed by atoms with E-state index in [0.29, 0.717) is 43.1 Å². The van der Waals surface area contributed by atoms with Crippen LogP contribution in [0.15, 0.2) is 47.0 Å². The lowest BCUT2D eigenvalue weighted by Gasteiger charge is -2.31. The van der Waals surface area contributed by atoms with E-state index in [1.807, 2.05) is 24.3 Å². The summed E-state index contributed by atoms with van der Waals surface area (Å²) in [5, 5.41) is 18.6. The fourth-order valence-corrected chi connectivity index (χ4v) is 3.57. The first-order valence-corrected chi connectivity index (χ1v) is 9.26. The van der Waals surface area contributed by atoms with E-state index in [2.05, 4.69) is 10.5 Å². The van der Waals surface area contributed by atoms with Crippen molar-refractivity contribution in [1.82, 2.24) is 10.1 Å². The highest BCUT2D eigenvalue weighted by atomic mass is 16.5. The molecule has 0 aliphatic carbocycles. The molecule has 1 aliphatic rings. The Morgan fingerprint density at radius 1 is 1.14 bits per heavy atom. The number of hydrogen-bond donors (Lipinski definition) is 2. The number of hydrogen-bond acceptors (Lipinski definition) is 5. The van der Waals surface area contributed by atoms with Crippen LogP contribution in [0, 0.1) is 12.8 Å². The second-order valence-electron chi connectivity index (χ2n) is 7.10. The van der Waals surface area contributed by atoms with E-state index in [-0.39, 0.29) is 23.5 Å². The maximum Gasteiger partial charge on any atom is 0.257 e. The number of benzene rings is 2. The Labute approximate surface area is 161 Å². The Hall–Kier alpha value is -3.35. The smallest absolute Gasteiger partial charge is 0.257 e. The minimum atomic E-state index is -0.214. The van der Waals surface area contributed by atoms with Crippen LogP contribution in [0.25, 0.3) is 10.8 Å². The average molecular weight is 379 g/mol. The van der Waals surface area contributed by atoms with Crippen molar-refractivity contribution in [1.29, 1.82) is 0 Å². The zero-order chi connectivity index (χ0) is 19.7. The molecule has 0 spiro atoms. The molecule has 2 aromatic carbocycles. The van der Waals surface area contributed by atoms with E-state index >= 15 is 0 Å². The lowest BCUT2D eigenvalue weighted by molar-refractivity contribution is -0.121. The maximum absolute atomic E-state index is 12.9. The highest BCUT2D eigenvalue weighted by Crippen LogP contribution is 2.28. The molecule has 2 N–H and O–H groups in total. The zero-order valence-electron chi connectivity index (χ0n) is 15.5. The SMILES string of the molecule is Cc1cc(NC(=O)C2CCN(C(=O)c3cc4ccccc4cc3O)CC2)no1. The molecular weight excluding hydrogens is 358 g/mol. The number of carbonyl (C=O) groups excluding carboxylic acids is 2. The molecule has 0 saturated carbocycles. The minimum Gasteiger partial charge on any atom is -0.507 e. The summed E-state index contributed by atoms with van der Waals surface area (Å²) in [5.74, 6) is 0.493. The number of aromatic nitrogens is 1. The molecule has 0 unspecified atom stereocenters. The average Bonchev–Trinajstić information content (AvgIpc) is 3.11. The fraction of sp³-hybridized carbons (Fsp3) is 0.286. The number of carbonyl (C=O) groups is 2. The van der Waals surface area contributed by atoms with Gasteiger partial charge in [-0.2, -0.15) is 0 Å². The van der Waals surface area contributed by atoms with Crippen LogP contribution in [0.5, 0.6) is 5.75 Å². The molecule has 2 heterocycles. The van der Waals surface area contributed by atoms with E-state index in [1.54, 1.807) is 30.0 Å². The van der Waals surface area contributed by atoms with E-state index in [0.717, 1.165) is 10.8 Å². The molecule has 0 bridgehead atoms. The van der Waals surface area contributed by atoms with Crippen molar-refractivity contribution in [3.8, 4) is 5.75 Å². The first kappa shape index (κ1) is 18.0. The third-order valence-electron chi connectivity index (χ3n) is 5.13. The van der Waals surface area contributed by atoms with Gasteiger partial charge in [0.1, 0.15) is 11.5 Å². The van der Waals surface area contributed by atoms with E-state index < -0.39 is 0 Å². The summed E-state index contributed by atoms with van der Waals surface area (Å²) < 4.78 is 4.95. The largest absolute Gasteiger partial charge is 0.507 e. The fourth-order valence-electron chi connectivity index (χ4n) is 3.57. The minimum absolute atomic E-state index is 0.0232. The first-order valence-electron chi connectivity index (χ1n) is 9.26. The zero-order valence-corrected chi connectivity index (χ0v) is 15.5. The number of fused-ring (bicyclic) bond motifs is 1. The molecule has 3 aromatic rings. The molecule has 144 valence electrons. The van der Waals surface area contributed by atoms with Crippen molar-refractivity contribution in [3.63, 3.8) is 0 Å². The number of amides is 2. The van der Waals surface area contributed by atoms with Crippen LogP contribution < -0.4 is 5.32 Å². The topological polar surface area (TPSA) is 95.7 Å². The van der Waals surface area contributed by atoms with Crippen LogP contribution in [0.3, 0.4) is 0 Å². The summed E-state index contributed by atoms with van der Waals surface area (Å²) in [6, 6.07) is 12.6. The Bertz CT molecular complexity index is 1040. The monoisotopic (exact) mass is 379 g/mol. The molecule has 0 radical (unpaired) electrons. The lowest BCUT2D eigenvalue weighted by Crippen LogP contribution is -2.41. The molecule has 7 heteroatoms. The van der Waals surface area contributed by atoms with Crippen LogP contribution in [0.2, 0.25) is 0 Å². The Kier molecular flexibility index (Phi) is 4.73. The second kappa shape index (κ2) is 7.34. The normalized spacial score (nSPS) is 15.0. The van der Waals surface area contributed by atoms with Gasteiger partial charge in [0.15, 0.2) is 5.82 Å². The lowest BCUT2D eigenvalue weighted by atomic mass is 9.95. The van der Waals surface area contributed by atoms with Gasteiger partial charge in [0.2, 0.25) is 5.91 Å². The van der Waals surface area contributed by atoms with Crippen LogP contribution in [0.4, 0.5) is 5.82 Å². The van der Waals surface area contributed by atoms with E-state index in [1.165, 1.54) is 0 Å². The Balaban J connectivity index is 1.41. The molecule has 4 rings (SSSR count). The second-order valence-corrected chi connectivity index (χ2v) is 7.10. The van der Waals surface area contributed by atoms with Crippen molar-refractivity contribution >= 4 is 28.4 Å². The van der Waals surface area contributed by atoms with Gasteiger partial charge in [-0.25, -0.2) is 0 Å². The number of rotatable bonds is 3. The number of phenolic OH excluding ortho intramolecular Hbond substituents is 1. The van der Waals surface area contributed by atoms with Gasteiger partial charge >= 0.3 is 0 Å². The number of nitrogens with zero attached hydrogens (tertiary/aromatic N) is 2. The number of aryl methyl sites for hydroxylation is 1. The van der Waals surface area contributed by atoms with Crippen molar-refractivity contribution in [3.05, 3.63) is 53.8 Å². The van der Waals surface area contributed by atoms with Crippen LogP contribution in [0.1, 0.15) is 29.0 Å². The number of aromatic hydroxyl groups is 1. The number of piperidine rings is 1. The summed E-state index contributed by atoms with van der Waals surface area (Å²) in [6.07, 6.45) is 1.12.